The molecule has 120 valence electrons. The van der Waals surface area contributed by atoms with Crippen molar-refractivity contribution in [3.63, 3.8) is 0 Å². The van der Waals surface area contributed by atoms with Crippen molar-refractivity contribution >= 4 is 29.7 Å². The van der Waals surface area contributed by atoms with E-state index in [2.05, 4.69) is 5.32 Å². The Labute approximate surface area is 128 Å². The van der Waals surface area contributed by atoms with Gasteiger partial charge >= 0.3 is 18.0 Å². The van der Waals surface area contributed by atoms with Gasteiger partial charge in [-0.15, -0.1) is 0 Å². The van der Waals surface area contributed by atoms with E-state index in [0.29, 0.717) is 18.7 Å². The SMILES string of the molecule is COC(=O)C1CN(C(=O)N[C@H](CCSC)C(=O)O)CC1C. The largest absolute Gasteiger partial charge is 0.480 e. The van der Waals surface area contributed by atoms with Gasteiger partial charge in [-0.1, -0.05) is 6.92 Å². The number of aliphatic carboxylic acids is 1. The molecular weight excluding hydrogens is 296 g/mol. The number of hydrogen-bond donors (Lipinski definition) is 2. The van der Waals surface area contributed by atoms with Crippen LogP contribution in [0.3, 0.4) is 0 Å². The molecule has 8 heteroatoms. The Bertz CT molecular complexity index is 404. The van der Waals surface area contributed by atoms with Crippen molar-refractivity contribution < 1.29 is 24.2 Å². The molecule has 2 N–H and O–H groups in total. The number of ether oxygens (including phenoxy) is 1. The fourth-order valence-electron chi connectivity index (χ4n) is 2.32. The van der Waals surface area contributed by atoms with Crippen LogP contribution in [0.4, 0.5) is 4.79 Å². The Morgan fingerprint density at radius 1 is 1.43 bits per heavy atom. The zero-order valence-electron chi connectivity index (χ0n) is 12.5. The number of carbonyl (C=O) groups is 3. The summed E-state index contributed by atoms with van der Waals surface area (Å²) in [5.74, 6) is -1.09. The van der Waals surface area contributed by atoms with Gasteiger partial charge < -0.3 is 20.1 Å². The minimum atomic E-state index is -1.05. The molecule has 0 aromatic heterocycles. The molecule has 7 nitrogen and oxygen atoms in total. The van der Waals surface area contributed by atoms with E-state index in [-0.39, 0.29) is 24.3 Å². The van der Waals surface area contributed by atoms with E-state index in [4.69, 9.17) is 9.84 Å². The van der Waals surface area contributed by atoms with Crippen molar-refractivity contribution in [2.45, 2.75) is 19.4 Å². The second-order valence-electron chi connectivity index (χ2n) is 5.13. The lowest BCUT2D eigenvalue weighted by molar-refractivity contribution is -0.146. The summed E-state index contributed by atoms with van der Waals surface area (Å²) >= 11 is 1.52. The highest BCUT2D eigenvalue weighted by Crippen LogP contribution is 2.24. The zero-order chi connectivity index (χ0) is 16.0. The van der Waals surface area contributed by atoms with Crippen LogP contribution in [0.2, 0.25) is 0 Å². The molecule has 0 saturated carbocycles. The van der Waals surface area contributed by atoms with Crippen LogP contribution < -0.4 is 5.32 Å². The Kier molecular flexibility index (Phi) is 6.80. The Balaban J connectivity index is 2.59. The Hall–Kier alpha value is -1.44. The molecule has 0 radical (unpaired) electrons. The topological polar surface area (TPSA) is 95.9 Å². The third kappa shape index (κ3) is 4.80. The average Bonchev–Trinajstić information content (AvgIpc) is 2.84. The molecular formula is C13H22N2O5S. The minimum absolute atomic E-state index is 0.00215. The number of urea groups is 1. The van der Waals surface area contributed by atoms with Gasteiger partial charge in [0.15, 0.2) is 0 Å². The molecule has 3 atom stereocenters. The first-order valence-corrected chi connectivity index (χ1v) is 8.15. The highest BCUT2D eigenvalue weighted by atomic mass is 32.2. The molecule has 2 amide bonds. The van der Waals surface area contributed by atoms with Crippen LogP contribution in [0.15, 0.2) is 0 Å². The van der Waals surface area contributed by atoms with Crippen LogP contribution in [0.25, 0.3) is 0 Å². The summed E-state index contributed by atoms with van der Waals surface area (Å²) < 4.78 is 4.71. The summed E-state index contributed by atoms with van der Waals surface area (Å²) in [5.41, 5.74) is 0. The lowest BCUT2D eigenvalue weighted by atomic mass is 9.99. The van der Waals surface area contributed by atoms with Crippen LogP contribution in [0.1, 0.15) is 13.3 Å². The molecule has 0 spiro atoms. The van der Waals surface area contributed by atoms with Gasteiger partial charge in [-0.3, -0.25) is 4.79 Å². The first kappa shape index (κ1) is 17.6. The molecule has 1 rings (SSSR count). The van der Waals surface area contributed by atoms with Crippen molar-refractivity contribution in [2.24, 2.45) is 11.8 Å². The number of esters is 1. The molecule has 0 bridgehead atoms. The predicted octanol–water partition coefficient (Wildman–Crippen LogP) is 0.643. The molecule has 1 fully saturated rings. The van der Waals surface area contributed by atoms with Crippen molar-refractivity contribution in [1.82, 2.24) is 10.2 Å². The maximum absolute atomic E-state index is 12.1. The maximum Gasteiger partial charge on any atom is 0.326 e. The molecule has 1 aliphatic rings. The summed E-state index contributed by atoms with van der Waals surface area (Å²) in [5, 5.41) is 11.6. The number of amides is 2. The average molecular weight is 318 g/mol. The number of carboxylic acid groups (broad SMARTS) is 1. The first-order valence-electron chi connectivity index (χ1n) is 6.75. The second-order valence-corrected chi connectivity index (χ2v) is 6.12. The van der Waals surface area contributed by atoms with Crippen LogP contribution in [-0.2, 0) is 14.3 Å². The van der Waals surface area contributed by atoms with Crippen LogP contribution in [-0.4, -0.2) is 66.2 Å². The third-order valence-electron chi connectivity index (χ3n) is 3.61. The van der Waals surface area contributed by atoms with E-state index in [0.717, 1.165) is 0 Å². The molecule has 1 aliphatic heterocycles. The number of nitrogens with zero attached hydrogens (tertiary/aromatic N) is 1. The van der Waals surface area contributed by atoms with Crippen LogP contribution in [0, 0.1) is 11.8 Å². The van der Waals surface area contributed by atoms with Gasteiger partial charge in [-0.05, 0) is 24.3 Å². The van der Waals surface area contributed by atoms with Gasteiger partial charge in [-0.25, -0.2) is 9.59 Å². The summed E-state index contributed by atoms with van der Waals surface area (Å²) in [4.78, 5) is 36.3. The van der Waals surface area contributed by atoms with E-state index < -0.39 is 18.0 Å². The lowest BCUT2D eigenvalue weighted by Crippen LogP contribution is -2.47. The molecule has 21 heavy (non-hydrogen) atoms. The Morgan fingerprint density at radius 2 is 2.10 bits per heavy atom. The summed E-state index contributed by atoms with van der Waals surface area (Å²) in [6.45, 7) is 2.55. The van der Waals surface area contributed by atoms with Crippen molar-refractivity contribution in [3.8, 4) is 0 Å². The molecule has 0 aromatic carbocycles. The third-order valence-corrected chi connectivity index (χ3v) is 4.25. The van der Waals surface area contributed by atoms with Crippen LogP contribution >= 0.6 is 11.8 Å². The summed E-state index contributed by atoms with van der Waals surface area (Å²) in [6, 6.07) is -1.35. The Morgan fingerprint density at radius 3 is 2.62 bits per heavy atom. The summed E-state index contributed by atoms with van der Waals surface area (Å²) in [6.07, 6.45) is 2.25. The summed E-state index contributed by atoms with van der Waals surface area (Å²) in [7, 11) is 1.32. The minimum Gasteiger partial charge on any atom is -0.480 e. The number of carboxylic acids is 1. The van der Waals surface area contributed by atoms with Crippen molar-refractivity contribution in [2.75, 3.05) is 32.2 Å². The molecule has 2 unspecified atom stereocenters. The number of carbonyl (C=O) groups excluding carboxylic acids is 2. The fraction of sp³-hybridized carbons (Fsp3) is 0.769. The van der Waals surface area contributed by atoms with Gasteiger partial charge in [0, 0.05) is 13.1 Å². The quantitative estimate of drug-likeness (QED) is 0.698. The van der Waals surface area contributed by atoms with Crippen molar-refractivity contribution in [3.05, 3.63) is 0 Å². The lowest BCUT2D eigenvalue weighted by Gasteiger charge is -2.20. The normalized spacial score (nSPS) is 22.7. The van der Waals surface area contributed by atoms with E-state index in [9.17, 15) is 14.4 Å². The smallest absolute Gasteiger partial charge is 0.326 e. The first-order chi connectivity index (χ1) is 9.90. The second kappa shape index (κ2) is 8.11. The van der Waals surface area contributed by atoms with E-state index in [1.54, 1.807) is 0 Å². The number of nitrogens with one attached hydrogen (secondary N) is 1. The van der Waals surface area contributed by atoms with Crippen LogP contribution in [0.5, 0.6) is 0 Å². The monoisotopic (exact) mass is 318 g/mol. The fourth-order valence-corrected chi connectivity index (χ4v) is 2.80. The molecule has 0 aromatic rings. The number of hydrogen-bond acceptors (Lipinski definition) is 5. The van der Waals surface area contributed by atoms with E-state index in [1.807, 2.05) is 13.2 Å². The van der Waals surface area contributed by atoms with Gasteiger partial charge in [-0.2, -0.15) is 11.8 Å². The number of methoxy groups -OCH3 is 1. The zero-order valence-corrected chi connectivity index (χ0v) is 13.3. The molecule has 1 saturated heterocycles. The predicted molar refractivity (Wildman–Crippen MR) is 79.2 cm³/mol. The van der Waals surface area contributed by atoms with Gasteiger partial charge in [0.25, 0.3) is 0 Å². The highest BCUT2D eigenvalue weighted by Gasteiger charge is 2.38. The number of likely N-dealkylation sites (tertiary alicyclic amines) is 1. The van der Waals surface area contributed by atoms with Gasteiger partial charge in [0.2, 0.25) is 0 Å². The number of thioether (sulfide) groups is 1. The van der Waals surface area contributed by atoms with Crippen molar-refractivity contribution in [1.29, 1.82) is 0 Å². The van der Waals surface area contributed by atoms with Gasteiger partial charge in [0.1, 0.15) is 6.04 Å². The van der Waals surface area contributed by atoms with E-state index >= 15 is 0 Å². The highest BCUT2D eigenvalue weighted by molar-refractivity contribution is 7.98. The number of rotatable bonds is 6. The van der Waals surface area contributed by atoms with Gasteiger partial charge in [0.05, 0.1) is 13.0 Å². The molecule has 0 aliphatic carbocycles. The maximum atomic E-state index is 12.1. The van der Waals surface area contributed by atoms with E-state index in [1.165, 1.54) is 23.8 Å². The molecule has 1 heterocycles. The standard InChI is InChI=1S/C13H22N2O5S/c1-8-6-15(7-9(8)12(18)20-2)13(19)14-10(11(16)17)4-5-21-3/h8-10H,4-7H2,1-3H3,(H,14,19)(H,16,17)/t8?,9?,10-/m1/s1.